The van der Waals surface area contributed by atoms with Gasteiger partial charge in [-0.05, 0) is 0 Å². The molecule has 0 aromatic heterocycles. The van der Waals surface area contributed by atoms with Gasteiger partial charge >= 0.3 is 0 Å². The lowest BCUT2D eigenvalue weighted by molar-refractivity contribution is -0.119. The highest BCUT2D eigenvalue weighted by atomic mass is 79.9. The van der Waals surface area contributed by atoms with E-state index in [0.29, 0.717) is 26.2 Å². The number of carbonyl (C=O) groups excluding carboxylic acids is 2. The zero-order valence-electron chi connectivity index (χ0n) is 13.7. The number of halogens is 2. The first-order valence-corrected chi connectivity index (χ1v) is 6.35. The van der Waals surface area contributed by atoms with Crippen LogP contribution in [0.2, 0.25) is 0 Å². The fourth-order valence-corrected chi connectivity index (χ4v) is 0.908. The van der Waals surface area contributed by atoms with Crippen molar-refractivity contribution in [1.29, 1.82) is 0 Å². The first-order valence-electron chi connectivity index (χ1n) is 6.35. The molecule has 2 amide bonds. The van der Waals surface area contributed by atoms with Crippen LogP contribution in [0.4, 0.5) is 0 Å². The summed E-state index contributed by atoms with van der Waals surface area (Å²) in [6.45, 7) is 4.67. The molecular formula is C10H28BrClN10O2. The molecule has 0 unspecified atom stereocenters. The van der Waals surface area contributed by atoms with Gasteiger partial charge in [-0.15, -0.1) is 29.4 Å². The number of nitrogens with two attached hydrogens (primary N) is 4. The number of nitrogens with zero attached hydrogens (tertiary/aromatic N) is 2. The van der Waals surface area contributed by atoms with Gasteiger partial charge in [0.25, 0.3) is 0 Å². The van der Waals surface area contributed by atoms with E-state index in [9.17, 15) is 9.59 Å². The molecule has 12 nitrogen and oxygen atoms in total. The first-order chi connectivity index (χ1) is 10.3. The molecule has 0 saturated carbocycles. The summed E-state index contributed by atoms with van der Waals surface area (Å²) in [4.78, 5) is 28.2. The Bertz CT molecular complexity index is 358. The van der Waals surface area contributed by atoms with Crippen molar-refractivity contribution >= 4 is 53.1 Å². The quantitative estimate of drug-likeness (QED) is 0.0697. The normalized spacial score (nSPS) is 10.0. The number of hydrogen-bond acceptors (Lipinski definition) is 6. The van der Waals surface area contributed by atoms with Crippen molar-refractivity contribution in [1.82, 2.24) is 21.5 Å². The molecule has 0 aliphatic carbocycles. The van der Waals surface area contributed by atoms with E-state index in [4.69, 9.17) is 23.2 Å². The van der Waals surface area contributed by atoms with Crippen LogP contribution in [-0.2, 0) is 9.59 Å². The summed E-state index contributed by atoms with van der Waals surface area (Å²) in [7, 11) is 0. The van der Waals surface area contributed by atoms with Crippen molar-refractivity contribution in [2.24, 2.45) is 33.1 Å². The summed E-state index contributed by atoms with van der Waals surface area (Å²) in [5, 5.41) is 5.11. The van der Waals surface area contributed by atoms with Gasteiger partial charge in [0.2, 0.25) is 23.7 Å². The van der Waals surface area contributed by atoms with Gasteiger partial charge in [0.05, 0.1) is 13.1 Å². The number of rotatable bonds is 6. The molecule has 0 aliphatic rings. The summed E-state index contributed by atoms with van der Waals surface area (Å²) in [5.41, 5.74) is 14.7. The molecule has 0 atom stereocenters. The van der Waals surface area contributed by atoms with Gasteiger partial charge in [0.15, 0.2) is 0 Å². The van der Waals surface area contributed by atoms with E-state index in [1.54, 1.807) is 0 Å². The fraction of sp³-hybridized carbons (Fsp3) is 0.600. The molecule has 24 heavy (non-hydrogen) atoms. The third-order valence-electron chi connectivity index (χ3n) is 1.83. The average molecular weight is 436 g/mol. The molecule has 0 aromatic rings. The maximum atomic E-state index is 10.3. The maximum Gasteiger partial charge on any atom is 0.216 e. The maximum absolute atomic E-state index is 10.3. The monoisotopic (exact) mass is 434 g/mol. The Morgan fingerprint density at radius 2 is 1.12 bits per heavy atom. The molecule has 144 valence electrons. The average Bonchev–Trinajstić information content (AvgIpc) is 2.47. The van der Waals surface area contributed by atoms with Crippen molar-refractivity contribution < 1.29 is 9.59 Å². The zero-order valence-corrected chi connectivity index (χ0v) is 16.2. The van der Waals surface area contributed by atoms with Crippen molar-refractivity contribution in [3.8, 4) is 0 Å². The van der Waals surface area contributed by atoms with Crippen molar-refractivity contribution in [3.63, 3.8) is 0 Å². The van der Waals surface area contributed by atoms with E-state index in [-0.39, 0.29) is 53.1 Å². The van der Waals surface area contributed by atoms with Crippen LogP contribution in [0.5, 0.6) is 0 Å². The van der Waals surface area contributed by atoms with Crippen LogP contribution in [0.1, 0.15) is 13.8 Å². The van der Waals surface area contributed by atoms with Crippen molar-refractivity contribution in [2.45, 2.75) is 13.8 Å². The third kappa shape index (κ3) is 28.3. The molecule has 0 bridgehead atoms. The van der Waals surface area contributed by atoms with Gasteiger partial charge < -0.3 is 22.1 Å². The number of guanidine groups is 2. The van der Waals surface area contributed by atoms with E-state index in [1.807, 2.05) is 0 Å². The van der Waals surface area contributed by atoms with Gasteiger partial charge in [-0.25, -0.2) is 11.7 Å². The Labute approximate surface area is 157 Å². The van der Waals surface area contributed by atoms with Gasteiger partial charge in [-0.2, -0.15) is 0 Å². The van der Waals surface area contributed by atoms with Crippen molar-refractivity contribution in [2.75, 3.05) is 26.2 Å². The number of hydrogen-bond donors (Lipinski definition) is 8. The standard InChI is InChI=1S/2C5H13N5O.BrH.ClH/c2*1-4(11)8-2-3-9-5(6)10-7;;/h2*2-3,7H2,1H3,(H,8,11)(H3,6,9,10);2*1H. The smallest absolute Gasteiger partial charge is 0.216 e. The van der Waals surface area contributed by atoms with Gasteiger partial charge in [0, 0.05) is 26.9 Å². The largest absolute Gasteiger partial charge is 0.369 e. The summed E-state index contributed by atoms with van der Waals surface area (Å²) in [6.07, 6.45) is 0. The molecule has 12 N–H and O–H groups in total. The number of carbonyl (C=O) groups is 2. The molecule has 0 saturated heterocycles. The van der Waals surface area contributed by atoms with Gasteiger partial charge in [0.1, 0.15) is 0 Å². The SMILES string of the molecule is Br.CC(=O)NCCN=C(N)NN.CC(=O)NCCN=C(N)NN.Cl. The van der Waals surface area contributed by atoms with E-state index in [1.165, 1.54) is 13.8 Å². The van der Waals surface area contributed by atoms with Crippen LogP contribution in [0, 0.1) is 0 Å². The minimum Gasteiger partial charge on any atom is -0.369 e. The lowest BCUT2D eigenvalue weighted by Gasteiger charge is -1.99. The number of aliphatic imine (C=N–C) groups is 2. The van der Waals surface area contributed by atoms with Crippen LogP contribution >= 0.6 is 29.4 Å². The summed E-state index contributed by atoms with van der Waals surface area (Å²) in [6, 6.07) is 0. The Kier molecular flexibility index (Phi) is 26.5. The molecule has 0 rings (SSSR count). The second-order valence-corrected chi connectivity index (χ2v) is 3.79. The minimum absolute atomic E-state index is 0. The Morgan fingerprint density at radius 1 is 0.833 bits per heavy atom. The Hall–Kier alpha value is -1.83. The predicted molar refractivity (Wildman–Crippen MR) is 103 cm³/mol. The second kappa shape index (κ2) is 21.2. The summed E-state index contributed by atoms with van der Waals surface area (Å²) >= 11 is 0. The number of amides is 2. The molecule has 0 radical (unpaired) electrons. The highest BCUT2D eigenvalue weighted by molar-refractivity contribution is 8.93. The molecule has 0 aromatic carbocycles. The van der Waals surface area contributed by atoms with E-state index >= 15 is 0 Å². The predicted octanol–water partition coefficient (Wildman–Crippen LogP) is -3.20. The van der Waals surface area contributed by atoms with E-state index < -0.39 is 0 Å². The van der Waals surface area contributed by atoms with Crippen LogP contribution in [0.3, 0.4) is 0 Å². The molecular weight excluding hydrogens is 408 g/mol. The Morgan fingerprint density at radius 3 is 1.33 bits per heavy atom. The van der Waals surface area contributed by atoms with E-state index in [0.717, 1.165) is 0 Å². The Balaban J connectivity index is -0.000000154. The molecule has 14 heteroatoms. The molecule has 0 aliphatic heterocycles. The number of nitrogens with one attached hydrogen (secondary N) is 4. The van der Waals surface area contributed by atoms with Crippen LogP contribution in [0.15, 0.2) is 9.98 Å². The van der Waals surface area contributed by atoms with Gasteiger partial charge in [-0.1, -0.05) is 0 Å². The van der Waals surface area contributed by atoms with Gasteiger partial charge in [-0.3, -0.25) is 30.4 Å². The molecule has 0 heterocycles. The molecule has 0 spiro atoms. The summed E-state index contributed by atoms with van der Waals surface area (Å²) < 4.78 is 0. The summed E-state index contributed by atoms with van der Waals surface area (Å²) in [5.74, 6) is 10.00. The fourth-order valence-electron chi connectivity index (χ4n) is 0.908. The first kappa shape index (κ1) is 30.1. The lowest BCUT2D eigenvalue weighted by atomic mass is 10.6. The van der Waals surface area contributed by atoms with Crippen LogP contribution < -0.4 is 44.6 Å². The lowest BCUT2D eigenvalue weighted by Crippen LogP contribution is -2.37. The highest BCUT2D eigenvalue weighted by Crippen LogP contribution is 1.68. The third-order valence-corrected chi connectivity index (χ3v) is 1.83. The molecule has 0 fully saturated rings. The van der Waals surface area contributed by atoms with Crippen LogP contribution in [-0.4, -0.2) is 49.9 Å². The topological polar surface area (TPSA) is 211 Å². The minimum atomic E-state index is -0.0838. The number of hydrazine groups is 2. The second-order valence-electron chi connectivity index (χ2n) is 3.79. The zero-order chi connectivity index (χ0) is 17.4. The highest BCUT2D eigenvalue weighted by Gasteiger charge is 1.89. The van der Waals surface area contributed by atoms with Crippen LogP contribution in [0.25, 0.3) is 0 Å². The van der Waals surface area contributed by atoms with Crippen molar-refractivity contribution in [3.05, 3.63) is 0 Å². The van der Waals surface area contributed by atoms with E-state index in [2.05, 4.69) is 31.5 Å².